The average molecular weight is 278 g/mol. The van der Waals surface area contributed by atoms with Gasteiger partial charge in [0.15, 0.2) is 0 Å². The normalized spacial score (nSPS) is 15.5. The van der Waals surface area contributed by atoms with Gasteiger partial charge in [-0.2, -0.15) is 5.26 Å². The van der Waals surface area contributed by atoms with E-state index in [1.807, 2.05) is 18.2 Å². The zero-order valence-corrected chi connectivity index (χ0v) is 9.86. The number of carbonyl (C=O) groups excluding carboxylic acids is 1. The minimum absolute atomic E-state index is 0.0817. The van der Waals surface area contributed by atoms with Crippen molar-refractivity contribution in [3.8, 4) is 6.07 Å². The minimum Gasteiger partial charge on any atom is -0.384 e. The van der Waals surface area contributed by atoms with Crippen LogP contribution in [-0.4, -0.2) is 5.91 Å². The van der Waals surface area contributed by atoms with Crippen molar-refractivity contribution in [1.82, 2.24) is 0 Å². The molecule has 1 aromatic carbocycles. The molecule has 1 aromatic rings. The summed E-state index contributed by atoms with van der Waals surface area (Å²) in [6.45, 7) is 0. The Hall–Kier alpha value is -1.80. The van der Waals surface area contributed by atoms with E-state index >= 15 is 0 Å². The van der Waals surface area contributed by atoms with Gasteiger partial charge in [0.1, 0.15) is 5.82 Å². The molecule has 4 nitrogen and oxygen atoms in total. The fourth-order valence-corrected chi connectivity index (χ4v) is 1.82. The molecule has 1 aliphatic heterocycles. The maximum absolute atomic E-state index is 11.7. The molecule has 1 aliphatic rings. The Morgan fingerprint density at radius 2 is 2.00 bits per heavy atom. The van der Waals surface area contributed by atoms with Crippen molar-refractivity contribution in [2.24, 2.45) is 5.73 Å². The summed E-state index contributed by atoms with van der Waals surface area (Å²) in [6.07, 6.45) is 0.0817. The smallest absolute Gasteiger partial charge is 0.237 e. The van der Waals surface area contributed by atoms with Crippen LogP contribution in [0.5, 0.6) is 0 Å². The molecule has 0 radical (unpaired) electrons. The highest BCUT2D eigenvalue weighted by molar-refractivity contribution is 9.10. The van der Waals surface area contributed by atoms with Crippen LogP contribution in [0.15, 0.2) is 40.1 Å². The second-order valence-electron chi connectivity index (χ2n) is 3.36. The first-order valence-corrected chi connectivity index (χ1v) is 5.40. The fourth-order valence-electron chi connectivity index (χ4n) is 1.56. The van der Waals surface area contributed by atoms with Crippen LogP contribution in [0, 0.1) is 11.3 Å². The highest BCUT2D eigenvalue weighted by Gasteiger charge is 2.29. The summed E-state index contributed by atoms with van der Waals surface area (Å²) in [5.41, 5.74) is 6.75. The molecule has 0 saturated heterocycles. The number of anilines is 1. The van der Waals surface area contributed by atoms with Gasteiger partial charge in [-0.15, -0.1) is 0 Å². The molecule has 0 fully saturated rings. The first-order valence-electron chi connectivity index (χ1n) is 4.60. The fraction of sp³-hybridized carbons (Fsp3) is 0.0909. The number of nitrogens with two attached hydrogens (primary N) is 1. The third kappa shape index (κ3) is 1.68. The van der Waals surface area contributed by atoms with Crippen molar-refractivity contribution in [3.05, 3.63) is 40.1 Å². The summed E-state index contributed by atoms with van der Waals surface area (Å²) in [6, 6.07) is 9.12. The lowest BCUT2D eigenvalue weighted by Crippen LogP contribution is -2.28. The predicted molar refractivity (Wildman–Crippen MR) is 63.1 cm³/mol. The number of nitriles is 1. The van der Waals surface area contributed by atoms with Crippen LogP contribution in [0.25, 0.3) is 0 Å². The Morgan fingerprint density at radius 3 is 2.50 bits per heavy atom. The third-order valence-electron chi connectivity index (χ3n) is 2.35. The molecule has 5 heteroatoms. The molecular formula is C11H8BrN3O. The molecule has 16 heavy (non-hydrogen) atoms. The quantitative estimate of drug-likeness (QED) is 0.852. The number of hydrogen-bond acceptors (Lipinski definition) is 3. The van der Waals surface area contributed by atoms with Gasteiger partial charge in [0.05, 0.1) is 23.8 Å². The molecule has 1 heterocycles. The molecule has 0 aliphatic carbocycles. The van der Waals surface area contributed by atoms with Gasteiger partial charge in [-0.05, 0) is 24.3 Å². The molecule has 80 valence electrons. The molecular weight excluding hydrogens is 270 g/mol. The van der Waals surface area contributed by atoms with Gasteiger partial charge in [0.25, 0.3) is 0 Å². The van der Waals surface area contributed by atoms with E-state index in [1.165, 1.54) is 4.90 Å². The van der Waals surface area contributed by atoms with Crippen LogP contribution < -0.4 is 10.6 Å². The SMILES string of the molecule is N#CC1=C(N)N(c2ccc(Br)cc2)C(=O)C1. The minimum atomic E-state index is -0.170. The van der Waals surface area contributed by atoms with Crippen LogP contribution in [0.3, 0.4) is 0 Å². The Labute approximate surface area is 101 Å². The van der Waals surface area contributed by atoms with Gasteiger partial charge < -0.3 is 5.73 Å². The van der Waals surface area contributed by atoms with Crippen molar-refractivity contribution < 1.29 is 4.79 Å². The number of amides is 1. The number of carbonyl (C=O) groups is 1. The largest absolute Gasteiger partial charge is 0.384 e. The molecule has 0 unspecified atom stereocenters. The number of nitrogens with zero attached hydrogens (tertiary/aromatic N) is 2. The van der Waals surface area contributed by atoms with E-state index in [0.29, 0.717) is 11.3 Å². The van der Waals surface area contributed by atoms with Gasteiger partial charge in [0.2, 0.25) is 5.91 Å². The molecule has 0 aromatic heterocycles. The number of halogens is 1. The van der Waals surface area contributed by atoms with Crippen molar-refractivity contribution in [1.29, 1.82) is 5.26 Å². The van der Waals surface area contributed by atoms with Gasteiger partial charge in [-0.1, -0.05) is 15.9 Å². The Morgan fingerprint density at radius 1 is 1.38 bits per heavy atom. The highest BCUT2D eigenvalue weighted by atomic mass is 79.9. The lowest BCUT2D eigenvalue weighted by atomic mass is 10.2. The van der Waals surface area contributed by atoms with E-state index in [-0.39, 0.29) is 18.1 Å². The highest BCUT2D eigenvalue weighted by Crippen LogP contribution is 2.27. The summed E-state index contributed by atoms with van der Waals surface area (Å²) in [4.78, 5) is 13.0. The first kappa shape index (κ1) is 10.7. The first-order chi connectivity index (χ1) is 7.63. The number of benzene rings is 1. The molecule has 1 amide bonds. The van der Waals surface area contributed by atoms with Crippen molar-refractivity contribution in [2.45, 2.75) is 6.42 Å². The lowest BCUT2D eigenvalue weighted by Gasteiger charge is -2.17. The molecule has 2 N–H and O–H groups in total. The Balaban J connectivity index is 2.42. The van der Waals surface area contributed by atoms with Gasteiger partial charge >= 0.3 is 0 Å². The van der Waals surface area contributed by atoms with E-state index in [9.17, 15) is 4.79 Å². The summed E-state index contributed by atoms with van der Waals surface area (Å²) in [7, 11) is 0. The predicted octanol–water partition coefficient (Wildman–Crippen LogP) is 1.88. The maximum atomic E-state index is 11.7. The Kier molecular flexibility index (Phi) is 2.67. The van der Waals surface area contributed by atoms with Gasteiger partial charge in [0, 0.05) is 4.47 Å². The van der Waals surface area contributed by atoms with Gasteiger partial charge in [-0.25, -0.2) is 0 Å². The molecule has 2 rings (SSSR count). The van der Waals surface area contributed by atoms with E-state index in [0.717, 1.165) is 4.47 Å². The van der Waals surface area contributed by atoms with E-state index in [2.05, 4.69) is 15.9 Å². The van der Waals surface area contributed by atoms with E-state index in [4.69, 9.17) is 11.0 Å². The molecule has 0 saturated carbocycles. The lowest BCUT2D eigenvalue weighted by molar-refractivity contribution is -0.116. The maximum Gasteiger partial charge on any atom is 0.237 e. The topological polar surface area (TPSA) is 70.1 Å². The van der Waals surface area contributed by atoms with Crippen molar-refractivity contribution >= 4 is 27.5 Å². The molecule has 0 bridgehead atoms. The van der Waals surface area contributed by atoms with Crippen LogP contribution in [0.4, 0.5) is 5.69 Å². The number of hydrogen-bond donors (Lipinski definition) is 1. The summed E-state index contributed by atoms with van der Waals surface area (Å²) in [5.74, 6) is 0.0613. The van der Waals surface area contributed by atoms with E-state index in [1.54, 1.807) is 12.1 Å². The summed E-state index contributed by atoms with van der Waals surface area (Å²) < 4.78 is 0.922. The standard InChI is InChI=1S/C11H8BrN3O/c12-8-1-3-9(4-2-8)15-10(16)5-7(6-13)11(15)14/h1-4H,5,14H2. The molecule has 0 spiro atoms. The van der Waals surface area contributed by atoms with E-state index < -0.39 is 0 Å². The number of rotatable bonds is 1. The zero-order valence-electron chi connectivity index (χ0n) is 8.27. The van der Waals surface area contributed by atoms with Crippen LogP contribution in [0.1, 0.15) is 6.42 Å². The van der Waals surface area contributed by atoms with Crippen molar-refractivity contribution in [2.75, 3.05) is 4.90 Å². The zero-order chi connectivity index (χ0) is 11.7. The second-order valence-corrected chi connectivity index (χ2v) is 4.27. The summed E-state index contributed by atoms with van der Waals surface area (Å²) in [5, 5.41) is 8.79. The second kappa shape index (κ2) is 3.99. The van der Waals surface area contributed by atoms with Crippen LogP contribution in [-0.2, 0) is 4.79 Å². The monoisotopic (exact) mass is 277 g/mol. The molecule has 0 atom stereocenters. The third-order valence-corrected chi connectivity index (χ3v) is 2.88. The van der Waals surface area contributed by atoms with Crippen LogP contribution >= 0.6 is 15.9 Å². The Bertz CT molecular complexity index is 513. The van der Waals surface area contributed by atoms with Crippen molar-refractivity contribution in [3.63, 3.8) is 0 Å². The average Bonchev–Trinajstić information content (AvgIpc) is 2.56. The van der Waals surface area contributed by atoms with Crippen LogP contribution in [0.2, 0.25) is 0 Å². The van der Waals surface area contributed by atoms with Gasteiger partial charge in [-0.3, -0.25) is 9.69 Å². The summed E-state index contributed by atoms with van der Waals surface area (Å²) >= 11 is 3.31.